The van der Waals surface area contributed by atoms with Crippen molar-refractivity contribution in [2.24, 2.45) is 0 Å². The van der Waals surface area contributed by atoms with E-state index in [0.717, 1.165) is 6.07 Å². The molecule has 31 heavy (non-hydrogen) atoms. The van der Waals surface area contributed by atoms with E-state index in [1.807, 2.05) is 0 Å². The highest BCUT2D eigenvalue weighted by Crippen LogP contribution is 2.46. The highest BCUT2D eigenvalue weighted by atomic mass is 35.5. The Morgan fingerprint density at radius 3 is 2.84 bits per heavy atom. The lowest BCUT2D eigenvalue weighted by atomic mass is 10.0. The second kappa shape index (κ2) is 7.46. The Morgan fingerprint density at radius 1 is 1.23 bits per heavy atom. The van der Waals surface area contributed by atoms with Gasteiger partial charge in [0, 0.05) is 36.8 Å². The number of piperazine rings is 1. The van der Waals surface area contributed by atoms with Crippen molar-refractivity contribution in [3.8, 4) is 16.9 Å². The molecule has 2 aromatic carbocycles. The highest BCUT2D eigenvalue weighted by Gasteiger charge is 2.35. The normalized spacial score (nSPS) is 17.7. The van der Waals surface area contributed by atoms with Crippen LogP contribution in [0.25, 0.3) is 22.0 Å². The number of carbonyl (C=O) groups excluding carboxylic acids is 1. The van der Waals surface area contributed by atoms with Crippen molar-refractivity contribution in [3.05, 3.63) is 59.9 Å². The van der Waals surface area contributed by atoms with Gasteiger partial charge in [-0.1, -0.05) is 18.2 Å². The number of anilines is 1. The smallest absolute Gasteiger partial charge is 0.246 e. The van der Waals surface area contributed by atoms with Gasteiger partial charge in [-0.25, -0.2) is 18.7 Å². The van der Waals surface area contributed by atoms with Gasteiger partial charge in [0.25, 0.3) is 0 Å². The summed E-state index contributed by atoms with van der Waals surface area (Å²) in [5, 5.41) is 0.831. The first-order valence-electron chi connectivity index (χ1n) is 9.71. The number of aromatic nitrogens is 2. The lowest BCUT2D eigenvalue weighted by Crippen LogP contribution is -2.56. The summed E-state index contributed by atoms with van der Waals surface area (Å²) in [6, 6.07) is 4.83. The van der Waals surface area contributed by atoms with E-state index in [9.17, 15) is 13.6 Å². The Hall–Kier alpha value is -3.26. The predicted octanol–water partition coefficient (Wildman–Crippen LogP) is 3.82. The van der Waals surface area contributed by atoms with Crippen LogP contribution >= 0.6 is 11.6 Å². The monoisotopic (exact) mass is 442 g/mol. The first-order valence-corrected chi connectivity index (χ1v) is 10.1. The standard InChI is InChI=1S/C22H17ClF2N4O2/c1-2-18(30)28-5-6-29-13(9-28)10-31-21-19-17(26-11-27-22(19)29)8-15(20(21)23)14-4-3-12(24)7-16(14)25/h2-4,7-8,11,13H,1,5-6,9-10H2/t13-/m0/s1. The number of fused-ring (bicyclic) bond motifs is 2. The number of benzene rings is 2. The molecule has 6 nitrogen and oxygen atoms in total. The third kappa shape index (κ3) is 3.18. The largest absolute Gasteiger partial charge is 0.489 e. The van der Waals surface area contributed by atoms with Crippen molar-refractivity contribution in [2.75, 3.05) is 31.1 Å². The minimum absolute atomic E-state index is 0.138. The number of carbonyl (C=O) groups is 1. The van der Waals surface area contributed by atoms with Gasteiger partial charge in [0.15, 0.2) is 5.75 Å². The number of rotatable bonds is 2. The topological polar surface area (TPSA) is 58.6 Å². The molecule has 2 aliphatic heterocycles. The van der Waals surface area contributed by atoms with Gasteiger partial charge in [-0.05, 0) is 24.3 Å². The molecule has 9 heteroatoms. The van der Waals surface area contributed by atoms with Crippen LogP contribution < -0.4 is 9.64 Å². The Kier molecular flexibility index (Phi) is 4.74. The summed E-state index contributed by atoms with van der Waals surface area (Å²) >= 11 is 6.67. The first kappa shape index (κ1) is 19.7. The van der Waals surface area contributed by atoms with Gasteiger partial charge in [0.1, 0.15) is 30.4 Å². The van der Waals surface area contributed by atoms with Crippen LogP contribution in [0.3, 0.4) is 0 Å². The number of hydrogen-bond acceptors (Lipinski definition) is 5. The molecule has 0 saturated carbocycles. The van der Waals surface area contributed by atoms with Crippen molar-refractivity contribution < 1.29 is 18.3 Å². The van der Waals surface area contributed by atoms with Crippen molar-refractivity contribution in [2.45, 2.75) is 6.04 Å². The van der Waals surface area contributed by atoms with Gasteiger partial charge in [-0.15, -0.1) is 0 Å². The Bertz CT molecular complexity index is 1240. The fourth-order valence-electron chi connectivity index (χ4n) is 4.19. The molecule has 0 spiro atoms. The molecule has 158 valence electrons. The molecule has 3 aromatic rings. The average Bonchev–Trinajstić information content (AvgIpc) is 2.94. The van der Waals surface area contributed by atoms with Crippen molar-refractivity contribution in [1.29, 1.82) is 0 Å². The number of nitrogens with zero attached hydrogens (tertiary/aromatic N) is 4. The lowest BCUT2D eigenvalue weighted by molar-refractivity contribution is -0.126. The van der Waals surface area contributed by atoms with E-state index in [0.29, 0.717) is 47.7 Å². The van der Waals surface area contributed by atoms with E-state index in [4.69, 9.17) is 16.3 Å². The number of hydrogen-bond donors (Lipinski definition) is 0. The molecule has 1 aromatic heterocycles. The van der Waals surface area contributed by atoms with Crippen molar-refractivity contribution in [1.82, 2.24) is 14.9 Å². The molecule has 0 bridgehead atoms. The van der Waals surface area contributed by atoms with Crippen LogP contribution in [0.4, 0.5) is 14.6 Å². The summed E-state index contributed by atoms with van der Waals surface area (Å²) in [6.07, 6.45) is 2.73. The Morgan fingerprint density at radius 2 is 2.06 bits per heavy atom. The molecule has 0 N–H and O–H groups in total. The quantitative estimate of drug-likeness (QED) is 0.565. The van der Waals surface area contributed by atoms with E-state index in [1.165, 1.54) is 24.5 Å². The summed E-state index contributed by atoms with van der Waals surface area (Å²) in [6.45, 7) is 5.34. The first-order chi connectivity index (χ1) is 15.0. The number of ether oxygens (including phenoxy) is 1. The fourth-order valence-corrected chi connectivity index (χ4v) is 4.50. The van der Waals surface area contributed by atoms with Gasteiger partial charge in [-0.2, -0.15) is 0 Å². The maximum atomic E-state index is 14.5. The predicted molar refractivity (Wildman–Crippen MR) is 113 cm³/mol. The third-order valence-corrected chi connectivity index (χ3v) is 6.06. The molecular weight excluding hydrogens is 426 g/mol. The van der Waals surface area contributed by atoms with E-state index in [-0.39, 0.29) is 29.1 Å². The number of amides is 1. The molecule has 3 heterocycles. The van der Waals surface area contributed by atoms with E-state index >= 15 is 0 Å². The number of halogens is 3. The molecule has 1 atom stereocenters. The highest BCUT2D eigenvalue weighted by molar-refractivity contribution is 6.36. The minimum Gasteiger partial charge on any atom is -0.489 e. The third-order valence-electron chi connectivity index (χ3n) is 5.68. The maximum Gasteiger partial charge on any atom is 0.246 e. The van der Waals surface area contributed by atoms with Crippen molar-refractivity contribution >= 4 is 34.2 Å². The summed E-state index contributed by atoms with van der Waals surface area (Å²) in [4.78, 5) is 24.7. The summed E-state index contributed by atoms with van der Waals surface area (Å²) in [5.41, 5.74) is 1.04. The van der Waals surface area contributed by atoms with Crippen LogP contribution in [0.5, 0.6) is 5.75 Å². The zero-order chi connectivity index (χ0) is 21.7. The van der Waals surface area contributed by atoms with E-state index in [1.54, 1.807) is 11.0 Å². The average molecular weight is 443 g/mol. The second-order valence-corrected chi connectivity index (χ2v) is 7.81. The zero-order valence-corrected chi connectivity index (χ0v) is 17.1. The van der Waals surface area contributed by atoms with Crippen molar-refractivity contribution in [3.63, 3.8) is 0 Å². The molecule has 1 amide bonds. The van der Waals surface area contributed by atoms with Crippen LogP contribution in [-0.2, 0) is 4.79 Å². The van der Waals surface area contributed by atoms with Crippen LogP contribution in [-0.4, -0.2) is 53.1 Å². The molecule has 0 radical (unpaired) electrons. The molecule has 1 fully saturated rings. The molecule has 2 aliphatic rings. The SMILES string of the molecule is C=CC(=O)N1CCN2c3ncnc4cc(-c5ccc(F)cc5F)c(Cl)c(c34)OC[C@@H]2C1. The maximum absolute atomic E-state index is 14.5. The molecule has 0 aliphatic carbocycles. The van der Waals surface area contributed by atoms with Gasteiger partial charge in [-0.3, -0.25) is 4.79 Å². The Labute approximate surface area is 181 Å². The molecule has 1 saturated heterocycles. The van der Waals surface area contributed by atoms with E-state index < -0.39 is 11.6 Å². The van der Waals surface area contributed by atoms with Gasteiger partial charge in [0.2, 0.25) is 5.91 Å². The van der Waals surface area contributed by atoms with Crippen LogP contribution in [0.2, 0.25) is 5.02 Å². The molecular formula is C22H17ClF2N4O2. The molecule has 0 unspecified atom stereocenters. The molecule has 5 rings (SSSR count). The van der Waals surface area contributed by atoms with Crippen LogP contribution in [0.15, 0.2) is 43.2 Å². The fraction of sp³-hybridized carbons (Fsp3) is 0.227. The van der Waals surface area contributed by atoms with Crippen LogP contribution in [0.1, 0.15) is 0 Å². The lowest BCUT2D eigenvalue weighted by Gasteiger charge is -2.40. The summed E-state index contributed by atoms with van der Waals surface area (Å²) in [5.74, 6) is -0.535. The van der Waals surface area contributed by atoms with E-state index in [2.05, 4.69) is 21.4 Å². The summed E-state index contributed by atoms with van der Waals surface area (Å²) in [7, 11) is 0. The van der Waals surface area contributed by atoms with Crippen LogP contribution in [0, 0.1) is 11.6 Å². The van der Waals surface area contributed by atoms with Gasteiger partial charge >= 0.3 is 0 Å². The van der Waals surface area contributed by atoms with Gasteiger partial charge < -0.3 is 14.5 Å². The van der Waals surface area contributed by atoms with Gasteiger partial charge in [0.05, 0.1) is 22.0 Å². The Balaban J connectivity index is 1.65. The summed E-state index contributed by atoms with van der Waals surface area (Å²) < 4.78 is 34.0. The minimum atomic E-state index is -0.729. The zero-order valence-electron chi connectivity index (χ0n) is 16.3. The second-order valence-electron chi connectivity index (χ2n) is 7.43.